The fourth-order valence-corrected chi connectivity index (χ4v) is 4.79. The van der Waals surface area contributed by atoms with Gasteiger partial charge in [-0.25, -0.2) is 0 Å². The highest BCUT2D eigenvalue weighted by Gasteiger charge is 2.53. The number of methoxy groups -OCH3 is 1. The molecule has 3 atom stereocenters. The molecule has 1 saturated heterocycles. The van der Waals surface area contributed by atoms with Crippen molar-refractivity contribution in [2.45, 2.75) is 18.6 Å². The fraction of sp³-hybridized carbons (Fsp3) is 0.286. The van der Waals surface area contributed by atoms with Gasteiger partial charge in [-0.2, -0.15) is 0 Å². The number of ether oxygens (including phenoxy) is 3. The van der Waals surface area contributed by atoms with Crippen molar-refractivity contribution in [3.63, 3.8) is 0 Å². The monoisotopic (exact) mass is 428 g/mol. The van der Waals surface area contributed by atoms with E-state index in [1.54, 1.807) is 25.3 Å². The number of aliphatic hydroxyl groups is 1. The number of halogens is 1. The van der Waals surface area contributed by atoms with Crippen molar-refractivity contribution in [3.8, 4) is 5.75 Å². The van der Waals surface area contributed by atoms with Crippen LogP contribution in [0.2, 0.25) is 0 Å². The third-order valence-electron chi connectivity index (χ3n) is 5.57. The molecular formula is C21H17BrO5. The molecule has 1 aliphatic heterocycles. The lowest BCUT2D eigenvalue weighted by Crippen LogP contribution is -2.46. The van der Waals surface area contributed by atoms with Gasteiger partial charge in [0.05, 0.1) is 34.6 Å². The number of hydrogen-bond donors (Lipinski definition) is 1. The second kappa shape index (κ2) is 5.76. The molecule has 0 aromatic heterocycles. The number of hydrogen-bond acceptors (Lipinski definition) is 5. The zero-order valence-electron chi connectivity index (χ0n) is 14.6. The smallest absolute Gasteiger partial charge is 0.278 e. The first-order valence-electron chi connectivity index (χ1n) is 8.81. The van der Waals surface area contributed by atoms with Crippen molar-refractivity contribution >= 4 is 21.7 Å². The van der Waals surface area contributed by atoms with Crippen LogP contribution in [0.4, 0.5) is 0 Å². The lowest BCUT2D eigenvalue weighted by molar-refractivity contribution is -0.243. The van der Waals surface area contributed by atoms with Gasteiger partial charge in [0.15, 0.2) is 5.78 Å². The molecule has 3 aliphatic carbocycles. The molecule has 0 radical (unpaired) electrons. The van der Waals surface area contributed by atoms with Gasteiger partial charge in [-0.15, -0.1) is 0 Å². The molecule has 1 heterocycles. The molecule has 5 rings (SSSR count). The molecule has 5 nitrogen and oxygen atoms in total. The summed E-state index contributed by atoms with van der Waals surface area (Å²) in [7, 11) is 1.55. The van der Waals surface area contributed by atoms with Crippen LogP contribution < -0.4 is 4.74 Å². The first kappa shape index (κ1) is 16.7. The summed E-state index contributed by atoms with van der Waals surface area (Å²) < 4.78 is 19.1. The maximum atomic E-state index is 12.6. The van der Waals surface area contributed by atoms with Crippen LogP contribution in [0, 0.1) is 11.8 Å². The zero-order valence-corrected chi connectivity index (χ0v) is 16.2. The van der Waals surface area contributed by atoms with Crippen LogP contribution in [0.25, 0.3) is 0 Å². The van der Waals surface area contributed by atoms with Gasteiger partial charge >= 0.3 is 0 Å². The molecule has 1 aromatic rings. The Hall–Kier alpha value is -2.47. The fourth-order valence-electron chi connectivity index (χ4n) is 4.31. The number of allylic oxidation sites excluding steroid dienone is 5. The summed E-state index contributed by atoms with van der Waals surface area (Å²) in [5.41, 5.74) is 1.19. The topological polar surface area (TPSA) is 65.0 Å². The Morgan fingerprint density at radius 1 is 1.30 bits per heavy atom. The Balaban J connectivity index is 1.71. The highest BCUT2D eigenvalue weighted by molar-refractivity contribution is 9.11. The van der Waals surface area contributed by atoms with Crippen molar-refractivity contribution in [2.24, 2.45) is 11.8 Å². The minimum atomic E-state index is -1.09. The lowest BCUT2D eigenvalue weighted by atomic mass is 9.78. The average Bonchev–Trinajstić information content (AvgIpc) is 2.69. The number of benzene rings is 1. The summed E-state index contributed by atoms with van der Waals surface area (Å²) in [5, 5.41) is 10.3. The van der Waals surface area contributed by atoms with Crippen LogP contribution in [0.3, 0.4) is 0 Å². The number of rotatable bonds is 1. The molecule has 6 heteroatoms. The SMILES string of the molecule is COc1cccc2c1C(=O)CC[C@@]21OC2=CC=C(O)C3C=CC(Br)=C(O1)C23. The largest absolute Gasteiger partial charge is 0.512 e. The summed E-state index contributed by atoms with van der Waals surface area (Å²) in [4.78, 5) is 12.6. The van der Waals surface area contributed by atoms with E-state index in [0.29, 0.717) is 35.5 Å². The predicted octanol–water partition coefficient (Wildman–Crippen LogP) is 4.62. The first-order chi connectivity index (χ1) is 13.0. The van der Waals surface area contributed by atoms with E-state index in [-0.39, 0.29) is 23.4 Å². The molecular weight excluding hydrogens is 412 g/mol. The summed E-state index contributed by atoms with van der Waals surface area (Å²) in [6.45, 7) is 0. The zero-order chi connectivity index (χ0) is 18.8. The van der Waals surface area contributed by atoms with Crippen LogP contribution in [0.1, 0.15) is 28.8 Å². The number of Topliss-reactive ketones (excluding diaryl/α,β-unsaturated/α-hetero) is 1. The van der Waals surface area contributed by atoms with Crippen molar-refractivity contribution in [2.75, 3.05) is 7.11 Å². The molecule has 27 heavy (non-hydrogen) atoms. The van der Waals surface area contributed by atoms with Crippen LogP contribution in [0.5, 0.6) is 5.75 Å². The summed E-state index contributed by atoms with van der Waals surface area (Å²) >= 11 is 3.58. The quantitative estimate of drug-likeness (QED) is 0.706. The van der Waals surface area contributed by atoms with E-state index < -0.39 is 5.79 Å². The highest BCUT2D eigenvalue weighted by Crippen LogP contribution is 2.55. The average molecular weight is 429 g/mol. The van der Waals surface area contributed by atoms with Gasteiger partial charge in [-0.1, -0.05) is 18.2 Å². The van der Waals surface area contributed by atoms with Crippen molar-refractivity contribution in [3.05, 3.63) is 75.4 Å². The normalized spacial score (nSPS) is 30.7. The van der Waals surface area contributed by atoms with E-state index in [2.05, 4.69) is 15.9 Å². The second-order valence-electron chi connectivity index (χ2n) is 7.00. The standard InChI is InChI=1S/C21H17BrO5/c1-25-16-4-2-3-12-19(16)15(24)9-10-21(12)26-17-8-7-14(23)11-5-6-13(22)20(27-21)18(11)17/h2-8,11,18,23H,9-10H2,1H3/t11?,18?,21-/m0/s1. The van der Waals surface area contributed by atoms with Gasteiger partial charge in [0, 0.05) is 12.8 Å². The maximum Gasteiger partial charge on any atom is 0.278 e. The Kier molecular flexibility index (Phi) is 3.56. The third-order valence-corrected chi connectivity index (χ3v) is 6.22. The molecule has 138 valence electrons. The Labute approximate surface area is 164 Å². The van der Waals surface area contributed by atoms with Gasteiger partial charge in [-0.05, 0) is 40.2 Å². The van der Waals surface area contributed by atoms with Crippen LogP contribution in [-0.4, -0.2) is 18.0 Å². The van der Waals surface area contributed by atoms with E-state index in [9.17, 15) is 9.90 Å². The number of ketones is 1. The van der Waals surface area contributed by atoms with E-state index in [1.807, 2.05) is 24.3 Å². The molecule has 1 fully saturated rings. The van der Waals surface area contributed by atoms with Crippen molar-refractivity contribution in [1.29, 1.82) is 0 Å². The molecule has 0 saturated carbocycles. The number of carbonyl (C=O) groups is 1. The van der Waals surface area contributed by atoms with Crippen LogP contribution >= 0.6 is 15.9 Å². The Bertz CT molecular complexity index is 986. The van der Waals surface area contributed by atoms with Gasteiger partial charge in [-0.3, -0.25) is 4.79 Å². The molecule has 0 bridgehead atoms. The lowest BCUT2D eigenvalue weighted by Gasteiger charge is -2.48. The van der Waals surface area contributed by atoms with E-state index >= 15 is 0 Å². The van der Waals surface area contributed by atoms with E-state index in [1.165, 1.54) is 0 Å². The Morgan fingerprint density at radius 2 is 2.15 bits per heavy atom. The molecule has 1 N–H and O–H groups in total. The summed E-state index contributed by atoms with van der Waals surface area (Å²) in [6, 6.07) is 5.47. The van der Waals surface area contributed by atoms with Gasteiger partial charge in [0.25, 0.3) is 5.79 Å². The molecule has 4 aliphatic rings. The predicted molar refractivity (Wildman–Crippen MR) is 101 cm³/mol. The molecule has 2 unspecified atom stereocenters. The van der Waals surface area contributed by atoms with Crippen LogP contribution in [0.15, 0.2) is 64.3 Å². The highest BCUT2D eigenvalue weighted by atomic mass is 79.9. The van der Waals surface area contributed by atoms with Crippen molar-refractivity contribution in [1.82, 2.24) is 0 Å². The summed E-state index contributed by atoms with van der Waals surface area (Å²) in [5.74, 6) is 0.737. The minimum absolute atomic E-state index is 0.0204. The van der Waals surface area contributed by atoms with Crippen molar-refractivity contribution < 1.29 is 24.1 Å². The van der Waals surface area contributed by atoms with Gasteiger partial charge in [0.2, 0.25) is 0 Å². The second-order valence-corrected chi connectivity index (χ2v) is 7.85. The molecule has 0 amide bonds. The Morgan fingerprint density at radius 3 is 2.96 bits per heavy atom. The first-order valence-corrected chi connectivity index (χ1v) is 9.61. The minimum Gasteiger partial charge on any atom is -0.512 e. The van der Waals surface area contributed by atoms with E-state index in [4.69, 9.17) is 14.2 Å². The van der Waals surface area contributed by atoms with Crippen LogP contribution in [-0.2, 0) is 15.3 Å². The molecule has 1 aromatic carbocycles. The molecule has 1 spiro atoms. The number of fused-ring (bicyclic) bond motifs is 2. The number of aliphatic hydroxyl groups excluding tert-OH is 1. The maximum absolute atomic E-state index is 12.6. The number of carbonyl (C=O) groups excluding carboxylic acids is 1. The van der Waals surface area contributed by atoms with Gasteiger partial charge in [0.1, 0.15) is 23.0 Å². The van der Waals surface area contributed by atoms with E-state index in [0.717, 1.165) is 10.2 Å². The van der Waals surface area contributed by atoms with Gasteiger partial charge < -0.3 is 19.3 Å². The third kappa shape index (κ3) is 2.26. The summed E-state index contributed by atoms with van der Waals surface area (Å²) in [6.07, 6.45) is 7.99.